The molecule has 2 rings (SSSR count). The highest BCUT2D eigenvalue weighted by Gasteiger charge is 2.24. The van der Waals surface area contributed by atoms with E-state index >= 15 is 0 Å². The van der Waals surface area contributed by atoms with Crippen molar-refractivity contribution in [2.45, 2.75) is 70.2 Å². The maximum absolute atomic E-state index is 12.4. The number of alkyl halides is 1. The molecule has 1 aliphatic carbocycles. The minimum Gasteiger partial charge on any atom is -0.345 e. The lowest BCUT2D eigenvalue weighted by molar-refractivity contribution is 0.0989. The fraction of sp³-hybridized carbons (Fsp3) is 0.688. The molecule has 0 spiro atoms. The van der Waals surface area contributed by atoms with Crippen molar-refractivity contribution < 1.29 is 4.79 Å². The van der Waals surface area contributed by atoms with E-state index in [4.69, 9.17) is 0 Å². The first-order valence-corrected chi connectivity index (χ1v) is 8.34. The Morgan fingerprint density at radius 1 is 1.37 bits per heavy atom. The Kier molecular flexibility index (Phi) is 4.88. The van der Waals surface area contributed by atoms with Gasteiger partial charge in [0, 0.05) is 23.0 Å². The van der Waals surface area contributed by atoms with Crippen molar-refractivity contribution in [1.82, 2.24) is 4.57 Å². The number of aromatic nitrogens is 1. The average Bonchev–Trinajstić information content (AvgIpc) is 2.73. The monoisotopic (exact) mass is 325 g/mol. The van der Waals surface area contributed by atoms with Crippen LogP contribution in [0.4, 0.5) is 0 Å². The molecule has 1 heterocycles. The fourth-order valence-corrected chi connectivity index (χ4v) is 3.53. The summed E-state index contributed by atoms with van der Waals surface area (Å²) in [6, 6.07) is 2.68. The SMILES string of the molecule is CCC(Br)C(=O)c1cc(C)n(C2CCCCC2)c1C. The van der Waals surface area contributed by atoms with Gasteiger partial charge in [-0.25, -0.2) is 0 Å². The second-order valence-electron chi connectivity index (χ2n) is 5.69. The van der Waals surface area contributed by atoms with E-state index in [0.29, 0.717) is 6.04 Å². The first-order valence-electron chi connectivity index (χ1n) is 7.43. The van der Waals surface area contributed by atoms with Gasteiger partial charge in [0.25, 0.3) is 0 Å². The Labute approximate surface area is 124 Å². The summed E-state index contributed by atoms with van der Waals surface area (Å²) in [5, 5.41) is 0. The maximum atomic E-state index is 12.4. The Hall–Kier alpha value is -0.570. The molecule has 19 heavy (non-hydrogen) atoms. The van der Waals surface area contributed by atoms with Crippen LogP contribution in [0.5, 0.6) is 0 Å². The summed E-state index contributed by atoms with van der Waals surface area (Å²) >= 11 is 3.48. The van der Waals surface area contributed by atoms with Crippen molar-refractivity contribution in [3.63, 3.8) is 0 Å². The topological polar surface area (TPSA) is 22.0 Å². The van der Waals surface area contributed by atoms with Crippen LogP contribution in [0.25, 0.3) is 0 Å². The molecule has 2 nitrogen and oxygen atoms in total. The third-order valence-corrected chi connectivity index (χ3v) is 5.40. The van der Waals surface area contributed by atoms with Gasteiger partial charge in [0.2, 0.25) is 0 Å². The molecule has 0 bridgehead atoms. The molecule has 3 heteroatoms. The predicted octanol–water partition coefficient (Wildman–Crippen LogP) is 4.97. The number of carbonyl (C=O) groups excluding carboxylic acids is 1. The maximum Gasteiger partial charge on any atom is 0.178 e. The van der Waals surface area contributed by atoms with Crippen LogP contribution in [0.3, 0.4) is 0 Å². The summed E-state index contributed by atoms with van der Waals surface area (Å²) in [7, 11) is 0. The number of nitrogens with zero attached hydrogens (tertiary/aromatic N) is 1. The van der Waals surface area contributed by atoms with Crippen LogP contribution in [-0.4, -0.2) is 15.2 Å². The smallest absolute Gasteiger partial charge is 0.178 e. The lowest BCUT2D eigenvalue weighted by Crippen LogP contribution is -2.17. The quantitative estimate of drug-likeness (QED) is 0.566. The molecule has 106 valence electrons. The molecule has 0 amide bonds. The summed E-state index contributed by atoms with van der Waals surface area (Å²) in [5.74, 6) is 0.234. The van der Waals surface area contributed by atoms with Gasteiger partial charge in [0.1, 0.15) is 0 Å². The average molecular weight is 326 g/mol. The van der Waals surface area contributed by atoms with Gasteiger partial charge in [-0.3, -0.25) is 4.79 Å². The zero-order valence-electron chi connectivity index (χ0n) is 12.2. The highest BCUT2D eigenvalue weighted by Crippen LogP contribution is 2.32. The van der Waals surface area contributed by atoms with Gasteiger partial charge in [-0.1, -0.05) is 42.1 Å². The number of hydrogen-bond acceptors (Lipinski definition) is 1. The Morgan fingerprint density at radius 2 is 2.00 bits per heavy atom. The zero-order valence-corrected chi connectivity index (χ0v) is 13.8. The number of aryl methyl sites for hydroxylation is 1. The van der Waals surface area contributed by atoms with E-state index < -0.39 is 0 Å². The minimum absolute atomic E-state index is 0.0483. The molecule has 1 aromatic rings. The molecule has 1 saturated carbocycles. The van der Waals surface area contributed by atoms with Crippen LogP contribution >= 0.6 is 15.9 Å². The molecule has 1 aliphatic rings. The normalized spacial score (nSPS) is 18.5. The number of carbonyl (C=O) groups is 1. The molecule has 0 radical (unpaired) electrons. The van der Waals surface area contributed by atoms with Crippen LogP contribution in [0, 0.1) is 13.8 Å². The minimum atomic E-state index is -0.0483. The number of ketones is 1. The summed E-state index contributed by atoms with van der Waals surface area (Å²) in [6.45, 7) is 6.27. The molecule has 0 aliphatic heterocycles. The van der Waals surface area contributed by atoms with Crippen LogP contribution in [-0.2, 0) is 0 Å². The number of rotatable bonds is 4. The van der Waals surface area contributed by atoms with E-state index in [-0.39, 0.29) is 10.6 Å². The molecular weight excluding hydrogens is 302 g/mol. The van der Waals surface area contributed by atoms with Crippen LogP contribution in [0.2, 0.25) is 0 Å². The van der Waals surface area contributed by atoms with Gasteiger partial charge in [-0.05, 0) is 39.2 Å². The first-order chi connectivity index (χ1) is 9.06. The highest BCUT2D eigenvalue weighted by atomic mass is 79.9. The molecule has 0 N–H and O–H groups in total. The fourth-order valence-electron chi connectivity index (χ4n) is 3.28. The lowest BCUT2D eigenvalue weighted by Gasteiger charge is -2.26. The van der Waals surface area contributed by atoms with E-state index in [9.17, 15) is 4.79 Å². The van der Waals surface area contributed by atoms with Gasteiger partial charge in [0.15, 0.2) is 5.78 Å². The molecule has 0 aromatic carbocycles. The third-order valence-electron chi connectivity index (χ3n) is 4.33. The van der Waals surface area contributed by atoms with Gasteiger partial charge < -0.3 is 4.57 Å². The van der Waals surface area contributed by atoms with Gasteiger partial charge in [-0.2, -0.15) is 0 Å². The number of Topliss-reactive ketones (excluding diaryl/α,β-unsaturated/α-hetero) is 1. The summed E-state index contributed by atoms with van der Waals surface area (Å²) in [4.78, 5) is 12.3. The van der Waals surface area contributed by atoms with E-state index in [0.717, 1.165) is 17.7 Å². The van der Waals surface area contributed by atoms with Gasteiger partial charge in [0.05, 0.1) is 4.83 Å². The predicted molar refractivity (Wildman–Crippen MR) is 83.4 cm³/mol. The van der Waals surface area contributed by atoms with E-state index in [1.165, 1.54) is 37.8 Å². The Morgan fingerprint density at radius 3 is 2.58 bits per heavy atom. The van der Waals surface area contributed by atoms with Crippen LogP contribution in [0.15, 0.2) is 6.07 Å². The molecule has 1 fully saturated rings. The largest absolute Gasteiger partial charge is 0.345 e. The van der Waals surface area contributed by atoms with Crippen molar-refractivity contribution in [3.05, 3.63) is 23.0 Å². The Bertz CT molecular complexity index is 458. The second kappa shape index (κ2) is 6.25. The van der Waals surface area contributed by atoms with Crippen molar-refractivity contribution in [2.75, 3.05) is 0 Å². The highest BCUT2D eigenvalue weighted by molar-refractivity contribution is 9.10. The summed E-state index contributed by atoms with van der Waals surface area (Å²) < 4.78 is 2.40. The van der Waals surface area contributed by atoms with Crippen molar-refractivity contribution >= 4 is 21.7 Å². The van der Waals surface area contributed by atoms with Crippen molar-refractivity contribution in [1.29, 1.82) is 0 Å². The standard InChI is InChI=1S/C16H24BrNO/c1-4-15(17)16(19)14-10-11(2)18(12(14)3)13-8-6-5-7-9-13/h10,13,15H,4-9H2,1-3H3. The summed E-state index contributed by atoms with van der Waals surface area (Å²) in [5.41, 5.74) is 3.31. The van der Waals surface area contributed by atoms with Gasteiger partial charge >= 0.3 is 0 Å². The van der Waals surface area contributed by atoms with E-state index in [1.807, 2.05) is 6.92 Å². The molecule has 1 atom stereocenters. The Balaban J connectivity index is 2.31. The van der Waals surface area contributed by atoms with E-state index in [2.05, 4.69) is 40.4 Å². The van der Waals surface area contributed by atoms with Gasteiger partial charge in [-0.15, -0.1) is 0 Å². The molecule has 1 unspecified atom stereocenters. The van der Waals surface area contributed by atoms with Crippen molar-refractivity contribution in [2.24, 2.45) is 0 Å². The molecule has 1 aromatic heterocycles. The first kappa shape index (κ1) is 14.8. The second-order valence-corrected chi connectivity index (χ2v) is 6.79. The van der Waals surface area contributed by atoms with Crippen LogP contribution in [0.1, 0.15) is 73.2 Å². The zero-order chi connectivity index (χ0) is 14.0. The molecule has 0 saturated heterocycles. The van der Waals surface area contributed by atoms with Crippen molar-refractivity contribution in [3.8, 4) is 0 Å². The van der Waals surface area contributed by atoms with Crippen LogP contribution < -0.4 is 0 Å². The lowest BCUT2D eigenvalue weighted by atomic mass is 9.95. The molecular formula is C16H24BrNO. The van der Waals surface area contributed by atoms with E-state index in [1.54, 1.807) is 0 Å². The number of halogens is 1. The summed E-state index contributed by atoms with van der Waals surface area (Å²) in [6.07, 6.45) is 7.36. The number of hydrogen-bond donors (Lipinski definition) is 0. The third kappa shape index (κ3) is 2.96.